The summed E-state index contributed by atoms with van der Waals surface area (Å²) in [4.78, 5) is 4.56. The highest BCUT2D eigenvalue weighted by Gasteiger charge is 2.16. The van der Waals surface area contributed by atoms with E-state index < -0.39 is 0 Å². The van der Waals surface area contributed by atoms with Gasteiger partial charge in [-0.25, -0.2) is 5.90 Å². The van der Waals surface area contributed by atoms with Crippen molar-refractivity contribution >= 4 is 15.9 Å². The Morgan fingerprint density at radius 2 is 2.36 bits per heavy atom. The van der Waals surface area contributed by atoms with Crippen molar-refractivity contribution in [3.05, 3.63) is 27.7 Å². The maximum absolute atomic E-state index is 5.49. The van der Waals surface area contributed by atoms with Crippen molar-refractivity contribution in [3.8, 4) is 5.75 Å². The molecule has 0 bridgehead atoms. The second kappa shape index (κ2) is 4.29. The Morgan fingerprint density at radius 1 is 1.50 bits per heavy atom. The lowest BCUT2D eigenvalue weighted by atomic mass is 10.1. The monoisotopic (exact) mass is 257 g/mol. The lowest BCUT2D eigenvalue weighted by Gasteiger charge is -2.06. The maximum Gasteiger partial charge on any atom is 0.136 e. The largest absolute Gasteiger partial charge is 0.492 e. The van der Waals surface area contributed by atoms with Crippen LogP contribution >= 0.6 is 15.9 Å². The van der Waals surface area contributed by atoms with Gasteiger partial charge in [-0.3, -0.25) is 0 Å². The molecule has 2 N–H and O–H groups in total. The summed E-state index contributed by atoms with van der Waals surface area (Å²) in [6.07, 6.45) is 1.83. The maximum atomic E-state index is 5.49. The third-order valence-corrected chi connectivity index (χ3v) is 2.90. The lowest BCUT2D eigenvalue weighted by molar-refractivity contribution is 0.141. The highest BCUT2D eigenvalue weighted by molar-refractivity contribution is 9.10. The van der Waals surface area contributed by atoms with Crippen LogP contribution in [0.5, 0.6) is 5.75 Å². The van der Waals surface area contributed by atoms with E-state index in [9.17, 15) is 0 Å². The number of rotatable bonds is 3. The number of benzene rings is 1. The highest BCUT2D eigenvalue weighted by atomic mass is 79.9. The predicted octanol–water partition coefficient (Wildman–Crippen LogP) is 1.82. The number of halogens is 1. The molecule has 1 aromatic rings. The molecule has 0 radical (unpaired) electrons. The van der Waals surface area contributed by atoms with Crippen molar-refractivity contribution in [1.82, 2.24) is 0 Å². The summed E-state index contributed by atoms with van der Waals surface area (Å²) in [5.41, 5.74) is 2.50. The first-order valence-electron chi connectivity index (χ1n) is 4.57. The van der Waals surface area contributed by atoms with Gasteiger partial charge in [-0.1, -0.05) is 6.07 Å². The Morgan fingerprint density at radius 3 is 3.14 bits per heavy atom. The zero-order valence-electron chi connectivity index (χ0n) is 7.75. The molecule has 1 heterocycles. The minimum atomic E-state index is 0.548. The van der Waals surface area contributed by atoms with Gasteiger partial charge in [0.2, 0.25) is 0 Å². The first kappa shape index (κ1) is 9.96. The van der Waals surface area contributed by atoms with Crippen molar-refractivity contribution in [1.29, 1.82) is 0 Å². The van der Waals surface area contributed by atoms with Crippen LogP contribution in [-0.2, 0) is 17.7 Å². The van der Waals surface area contributed by atoms with E-state index in [2.05, 4.69) is 32.9 Å². The van der Waals surface area contributed by atoms with Gasteiger partial charge >= 0.3 is 0 Å². The Balaban J connectivity index is 2.23. The molecule has 1 aliphatic heterocycles. The number of nitrogens with two attached hydrogens (primary N) is 1. The van der Waals surface area contributed by atoms with E-state index >= 15 is 0 Å². The summed E-state index contributed by atoms with van der Waals surface area (Å²) in [5, 5.41) is 0. The fourth-order valence-electron chi connectivity index (χ4n) is 1.64. The quantitative estimate of drug-likeness (QED) is 0.841. The van der Waals surface area contributed by atoms with Gasteiger partial charge in [0.05, 0.1) is 17.7 Å². The summed E-state index contributed by atoms with van der Waals surface area (Å²) in [7, 11) is 0. The van der Waals surface area contributed by atoms with Crippen LogP contribution in [0.2, 0.25) is 0 Å². The van der Waals surface area contributed by atoms with E-state index in [1.807, 2.05) is 0 Å². The molecule has 0 fully saturated rings. The SMILES string of the molecule is NOCCc1cc(Br)c2c(c1)CCO2. The Labute approximate surface area is 91.3 Å². The van der Waals surface area contributed by atoms with E-state index in [0.29, 0.717) is 6.61 Å². The molecule has 1 aromatic carbocycles. The van der Waals surface area contributed by atoms with Gasteiger partial charge in [0.1, 0.15) is 5.75 Å². The van der Waals surface area contributed by atoms with Crippen molar-refractivity contribution in [2.75, 3.05) is 13.2 Å². The Bertz CT molecular complexity index is 341. The van der Waals surface area contributed by atoms with Crippen LogP contribution in [0, 0.1) is 0 Å². The molecule has 0 atom stereocenters. The third-order valence-electron chi connectivity index (χ3n) is 2.31. The van der Waals surface area contributed by atoms with E-state index in [1.165, 1.54) is 11.1 Å². The number of hydrogen-bond acceptors (Lipinski definition) is 3. The van der Waals surface area contributed by atoms with E-state index in [-0.39, 0.29) is 0 Å². The fraction of sp³-hybridized carbons (Fsp3) is 0.400. The van der Waals surface area contributed by atoms with Gasteiger partial charge < -0.3 is 9.57 Å². The number of fused-ring (bicyclic) bond motifs is 1. The average molecular weight is 258 g/mol. The average Bonchev–Trinajstić information content (AvgIpc) is 2.63. The molecule has 0 aromatic heterocycles. The van der Waals surface area contributed by atoms with Gasteiger partial charge in [0.15, 0.2) is 0 Å². The molecule has 76 valence electrons. The molecule has 14 heavy (non-hydrogen) atoms. The molecule has 0 saturated carbocycles. The summed E-state index contributed by atoms with van der Waals surface area (Å²) in [5.74, 6) is 5.98. The van der Waals surface area contributed by atoms with Gasteiger partial charge in [0.25, 0.3) is 0 Å². The van der Waals surface area contributed by atoms with Gasteiger partial charge in [0, 0.05) is 6.42 Å². The lowest BCUT2D eigenvalue weighted by Crippen LogP contribution is -2.03. The zero-order chi connectivity index (χ0) is 9.97. The van der Waals surface area contributed by atoms with Crippen LogP contribution < -0.4 is 10.6 Å². The predicted molar refractivity (Wildman–Crippen MR) is 57.2 cm³/mol. The van der Waals surface area contributed by atoms with Crippen LogP contribution in [0.15, 0.2) is 16.6 Å². The van der Waals surface area contributed by atoms with Gasteiger partial charge in [-0.05, 0) is 39.5 Å². The number of ether oxygens (including phenoxy) is 1. The molecular formula is C10H12BrNO2. The van der Waals surface area contributed by atoms with Gasteiger partial charge in [-0.2, -0.15) is 0 Å². The normalized spacial score (nSPS) is 13.9. The topological polar surface area (TPSA) is 44.5 Å². The van der Waals surface area contributed by atoms with E-state index in [4.69, 9.17) is 10.6 Å². The van der Waals surface area contributed by atoms with Crippen LogP contribution in [0.4, 0.5) is 0 Å². The summed E-state index contributed by atoms with van der Waals surface area (Å²) >= 11 is 3.49. The smallest absolute Gasteiger partial charge is 0.136 e. The molecule has 2 rings (SSSR count). The molecule has 0 amide bonds. The molecule has 0 unspecified atom stereocenters. The minimum absolute atomic E-state index is 0.548. The Kier molecular flexibility index (Phi) is 3.05. The third kappa shape index (κ3) is 1.92. The highest BCUT2D eigenvalue weighted by Crippen LogP contribution is 2.34. The molecular weight excluding hydrogens is 246 g/mol. The Hall–Kier alpha value is -0.580. The molecule has 0 saturated heterocycles. The first-order chi connectivity index (χ1) is 6.81. The second-order valence-electron chi connectivity index (χ2n) is 3.29. The van der Waals surface area contributed by atoms with Crippen molar-refractivity contribution in [3.63, 3.8) is 0 Å². The first-order valence-corrected chi connectivity index (χ1v) is 5.36. The molecule has 0 spiro atoms. The van der Waals surface area contributed by atoms with Crippen LogP contribution in [0.1, 0.15) is 11.1 Å². The number of hydrogen-bond donors (Lipinski definition) is 1. The second-order valence-corrected chi connectivity index (χ2v) is 4.14. The van der Waals surface area contributed by atoms with Crippen LogP contribution in [0.25, 0.3) is 0 Å². The fourth-order valence-corrected chi connectivity index (χ4v) is 2.31. The minimum Gasteiger partial charge on any atom is -0.492 e. The standard InChI is InChI=1S/C10H12BrNO2/c11-9-6-7(1-4-14-12)5-8-2-3-13-10(8)9/h5-6H,1-4,12H2. The van der Waals surface area contributed by atoms with Gasteiger partial charge in [-0.15, -0.1) is 0 Å². The van der Waals surface area contributed by atoms with Crippen LogP contribution in [-0.4, -0.2) is 13.2 Å². The summed E-state index contributed by atoms with van der Waals surface area (Å²) in [6.45, 7) is 1.33. The summed E-state index contributed by atoms with van der Waals surface area (Å²) in [6, 6.07) is 4.22. The molecule has 1 aliphatic rings. The zero-order valence-corrected chi connectivity index (χ0v) is 9.34. The molecule has 4 heteroatoms. The van der Waals surface area contributed by atoms with E-state index in [0.717, 1.165) is 29.7 Å². The summed E-state index contributed by atoms with van der Waals surface area (Å²) < 4.78 is 6.51. The van der Waals surface area contributed by atoms with Crippen molar-refractivity contribution in [2.24, 2.45) is 5.90 Å². The molecule has 0 aliphatic carbocycles. The van der Waals surface area contributed by atoms with Crippen LogP contribution in [0.3, 0.4) is 0 Å². The van der Waals surface area contributed by atoms with Crippen molar-refractivity contribution in [2.45, 2.75) is 12.8 Å². The van der Waals surface area contributed by atoms with E-state index in [1.54, 1.807) is 0 Å². The molecule has 3 nitrogen and oxygen atoms in total. The van der Waals surface area contributed by atoms with Crippen molar-refractivity contribution < 1.29 is 9.57 Å².